The molecule has 0 fully saturated rings. The molecule has 2 aromatic rings. The van der Waals surface area contributed by atoms with E-state index in [1.54, 1.807) is 31.4 Å². The van der Waals surface area contributed by atoms with Crippen LogP contribution in [-0.2, 0) is 22.6 Å². The number of amides is 1. The average Bonchev–Trinajstić information content (AvgIpc) is 2.60. The molecular weight excluding hydrogens is 322 g/mol. The molecule has 0 unspecified atom stereocenters. The fourth-order valence-corrected chi connectivity index (χ4v) is 2.29. The van der Waals surface area contributed by atoms with E-state index in [0.717, 1.165) is 16.9 Å². The Morgan fingerprint density at radius 2 is 1.56 bits per heavy atom. The maximum absolute atomic E-state index is 11.2. The number of methoxy groups -OCH3 is 1. The van der Waals surface area contributed by atoms with E-state index in [1.165, 1.54) is 6.92 Å². The first-order valence-corrected chi connectivity index (χ1v) is 7.82. The molecule has 0 radical (unpaired) electrons. The molecule has 1 atom stereocenters. The Morgan fingerprint density at radius 3 is 2.08 bits per heavy atom. The highest BCUT2D eigenvalue weighted by Gasteiger charge is 2.18. The quantitative estimate of drug-likeness (QED) is 0.769. The van der Waals surface area contributed by atoms with Crippen LogP contribution in [-0.4, -0.2) is 30.1 Å². The van der Waals surface area contributed by atoms with E-state index in [4.69, 9.17) is 14.6 Å². The molecule has 132 valence electrons. The molecule has 0 aliphatic heterocycles. The number of carbonyl (C=O) groups is 2. The van der Waals surface area contributed by atoms with E-state index in [0.29, 0.717) is 12.4 Å². The Balaban J connectivity index is 1.92. The Bertz CT molecular complexity index is 710. The van der Waals surface area contributed by atoms with Gasteiger partial charge in [-0.05, 0) is 35.4 Å². The minimum Gasteiger partial charge on any atom is -0.497 e. The summed E-state index contributed by atoms with van der Waals surface area (Å²) in [6, 6.07) is 13.8. The summed E-state index contributed by atoms with van der Waals surface area (Å²) < 4.78 is 10.8. The summed E-state index contributed by atoms with van der Waals surface area (Å²) in [4.78, 5) is 22.2. The normalized spacial score (nSPS) is 11.4. The predicted molar refractivity (Wildman–Crippen MR) is 92.7 cm³/mol. The summed E-state index contributed by atoms with van der Waals surface area (Å²) in [6.45, 7) is 1.72. The Kier molecular flexibility index (Phi) is 6.39. The number of carbonyl (C=O) groups excluding carboxylic acids is 1. The summed E-state index contributed by atoms with van der Waals surface area (Å²) in [5, 5.41) is 11.6. The number of hydrogen-bond donors (Lipinski definition) is 2. The van der Waals surface area contributed by atoms with Gasteiger partial charge in [-0.2, -0.15) is 0 Å². The number of hydrogen-bond acceptors (Lipinski definition) is 4. The molecule has 0 aromatic heterocycles. The number of aliphatic carboxylic acids is 1. The van der Waals surface area contributed by atoms with Crippen LogP contribution < -0.4 is 14.8 Å². The van der Waals surface area contributed by atoms with Gasteiger partial charge < -0.3 is 19.9 Å². The minimum atomic E-state index is -1.06. The van der Waals surface area contributed by atoms with Crippen molar-refractivity contribution in [2.75, 3.05) is 7.11 Å². The molecule has 6 nitrogen and oxygen atoms in total. The Morgan fingerprint density at radius 1 is 1.00 bits per heavy atom. The van der Waals surface area contributed by atoms with Crippen molar-refractivity contribution in [2.45, 2.75) is 26.0 Å². The lowest BCUT2D eigenvalue weighted by Gasteiger charge is -2.13. The molecule has 0 saturated heterocycles. The Hall–Kier alpha value is -3.02. The molecule has 0 heterocycles. The zero-order chi connectivity index (χ0) is 18.2. The zero-order valence-electron chi connectivity index (χ0n) is 14.2. The van der Waals surface area contributed by atoms with Crippen LogP contribution in [0.1, 0.15) is 18.1 Å². The van der Waals surface area contributed by atoms with Crippen molar-refractivity contribution in [2.24, 2.45) is 0 Å². The summed E-state index contributed by atoms with van der Waals surface area (Å²) in [6.07, 6.45) is 0.216. The van der Waals surface area contributed by atoms with Gasteiger partial charge in [-0.25, -0.2) is 4.79 Å². The second-order valence-electron chi connectivity index (χ2n) is 5.58. The van der Waals surface area contributed by atoms with E-state index < -0.39 is 12.0 Å². The van der Waals surface area contributed by atoms with Gasteiger partial charge in [0.05, 0.1) is 7.11 Å². The molecular formula is C19H21NO5. The molecule has 0 bridgehead atoms. The van der Waals surface area contributed by atoms with Gasteiger partial charge in [-0.15, -0.1) is 0 Å². The maximum Gasteiger partial charge on any atom is 0.326 e. The molecule has 6 heteroatoms. The largest absolute Gasteiger partial charge is 0.497 e. The standard InChI is InChI=1S/C19H21NO5/c1-13(21)20-18(19(22)23)11-14-3-9-17(10-4-14)25-12-15-5-7-16(24-2)8-6-15/h3-10,18H,11-12H2,1-2H3,(H,20,21)(H,22,23)/t18-/m0/s1. The van der Waals surface area contributed by atoms with Crippen molar-refractivity contribution in [1.82, 2.24) is 5.32 Å². The number of rotatable bonds is 8. The van der Waals surface area contributed by atoms with Crippen LogP contribution in [0.5, 0.6) is 11.5 Å². The lowest BCUT2D eigenvalue weighted by atomic mass is 10.1. The van der Waals surface area contributed by atoms with E-state index in [2.05, 4.69) is 5.32 Å². The van der Waals surface area contributed by atoms with Crippen LogP contribution in [0.2, 0.25) is 0 Å². The highest BCUT2D eigenvalue weighted by atomic mass is 16.5. The highest BCUT2D eigenvalue weighted by molar-refractivity contribution is 5.82. The minimum absolute atomic E-state index is 0.216. The van der Waals surface area contributed by atoms with Crippen LogP contribution in [0.25, 0.3) is 0 Å². The van der Waals surface area contributed by atoms with E-state index >= 15 is 0 Å². The van der Waals surface area contributed by atoms with Gasteiger partial charge in [-0.1, -0.05) is 24.3 Å². The first-order valence-electron chi connectivity index (χ1n) is 7.82. The molecule has 2 N–H and O–H groups in total. The monoisotopic (exact) mass is 343 g/mol. The summed E-state index contributed by atoms with van der Waals surface area (Å²) >= 11 is 0. The van der Waals surface area contributed by atoms with Crippen molar-refractivity contribution < 1.29 is 24.2 Å². The van der Waals surface area contributed by atoms with Crippen LogP contribution in [0.15, 0.2) is 48.5 Å². The number of carboxylic acid groups (broad SMARTS) is 1. The van der Waals surface area contributed by atoms with Gasteiger partial charge in [0.2, 0.25) is 5.91 Å². The molecule has 0 aliphatic rings. The third-order valence-corrected chi connectivity index (χ3v) is 3.60. The van der Waals surface area contributed by atoms with Gasteiger partial charge in [0.1, 0.15) is 24.1 Å². The molecule has 1 amide bonds. The van der Waals surface area contributed by atoms with E-state index in [1.807, 2.05) is 24.3 Å². The third-order valence-electron chi connectivity index (χ3n) is 3.60. The number of ether oxygens (including phenoxy) is 2. The van der Waals surface area contributed by atoms with Crippen molar-refractivity contribution in [3.63, 3.8) is 0 Å². The van der Waals surface area contributed by atoms with Gasteiger partial charge in [0.15, 0.2) is 0 Å². The summed E-state index contributed by atoms with van der Waals surface area (Å²) in [5.74, 6) is 0.0492. The SMILES string of the molecule is COc1ccc(COc2ccc(C[C@H](NC(C)=O)C(=O)O)cc2)cc1. The van der Waals surface area contributed by atoms with Gasteiger partial charge >= 0.3 is 5.97 Å². The fourth-order valence-electron chi connectivity index (χ4n) is 2.29. The lowest BCUT2D eigenvalue weighted by molar-refractivity contribution is -0.141. The third kappa shape index (κ3) is 5.84. The molecule has 2 aromatic carbocycles. The molecule has 0 aliphatic carbocycles. The zero-order valence-corrected chi connectivity index (χ0v) is 14.2. The summed E-state index contributed by atoms with van der Waals surface area (Å²) in [7, 11) is 1.62. The second-order valence-corrected chi connectivity index (χ2v) is 5.58. The predicted octanol–water partition coefficient (Wildman–Crippen LogP) is 2.41. The van der Waals surface area contributed by atoms with Gasteiger partial charge in [-0.3, -0.25) is 4.79 Å². The van der Waals surface area contributed by atoms with E-state index in [9.17, 15) is 9.59 Å². The first kappa shape index (κ1) is 18.3. The number of nitrogens with one attached hydrogen (secondary N) is 1. The van der Waals surface area contributed by atoms with Crippen LogP contribution in [0.3, 0.4) is 0 Å². The molecule has 0 spiro atoms. The topological polar surface area (TPSA) is 84.9 Å². The number of carboxylic acids is 1. The van der Waals surface area contributed by atoms with Crippen LogP contribution in [0, 0.1) is 0 Å². The molecule has 0 saturated carbocycles. The molecule has 2 rings (SSSR count). The smallest absolute Gasteiger partial charge is 0.326 e. The lowest BCUT2D eigenvalue weighted by Crippen LogP contribution is -2.41. The fraction of sp³-hybridized carbons (Fsp3) is 0.263. The average molecular weight is 343 g/mol. The second kappa shape index (κ2) is 8.73. The van der Waals surface area contributed by atoms with Crippen molar-refractivity contribution in [3.05, 3.63) is 59.7 Å². The van der Waals surface area contributed by atoms with E-state index in [-0.39, 0.29) is 12.3 Å². The van der Waals surface area contributed by atoms with Crippen molar-refractivity contribution >= 4 is 11.9 Å². The van der Waals surface area contributed by atoms with Gasteiger partial charge in [0, 0.05) is 13.3 Å². The Labute approximate surface area is 146 Å². The van der Waals surface area contributed by atoms with Gasteiger partial charge in [0.25, 0.3) is 0 Å². The van der Waals surface area contributed by atoms with Crippen molar-refractivity contribution in [3.8, 4) is 11.5 Å². The highest BCUT2D eigenvalue weighted by Crippen LogP contribution is 2.17. The van der Waals surface area contributed by atoms with Crippen LogP contribution >= 0.6 is 0 Å². The first-order chi connectivity index (χ1) is 12.0. The van der Waals surface area contributed by atoms with Crippen LogP contribution in [0.4, 0.5) is 0 Å². The number of benzene rings is 2. The summed E-state index contributed by atoms with van der Waals surface area (Å²) in [5.41, 5.74) is 1.82. The molecule has 25 heavy (non-hydrogen) atoms. The van der Waals surface area contributed by atoms with Crippen molar-refractivity contribution in [1.29, 1.82) is 0 Å². The maximum atomic E-state index is 11.2.